The number of carbonyl (C=O) groups excluding carboxylic acids is 2. The summed E-state index contributed by atoms with van der Waals surface area (Å²) >= 11 is 0. The Morgan fingerprint density at radius 3 is 2.87 bits per heavy atom. The zero-order valence-corrected chi connectivity index (χ0v) is 16.3. The Labute approximate surface area is 172 Å². The van der Waals surface area contributed by atoms with Gasteiger partial charge in [-0.1, -0.05) is 0 Å². The minimum Gasteiger partial charge on any atom is -0.491 e. The Bertz CT molecular complexity index is 1100. The van der Waals surface area contributed by atoms with Crippen molar-refractivity contribution in [3.63, 3.8) is 0 Å². The number of aromatic amines is 1. The first kappa shape index (κ1) is 18.6. The number of fused-ring (bicyclic) bond motifs is 3. The van der Waals surface area contributed by atoms with Crippen molar-refractivity contribution < 1.29 is 24.2 Å². The second-order valence-electron chi connectivity index (χ2n) is 7.58. The lowest BCUT2D eigenvalue weighted by Crippen LogP contribution is -2.45. The van der Waals surface area contributed by atoms with Crippen LogP contribution >= 0.6 is 0 Å². The van der Waals surface area contributed by atoms with E-state index < -0.39 is 5.60 Å². The standard InChI is InChI=1S/C22H21N3O5/c26-10-11-29-15-3-4-16-17(13-15)22(30-21(16)28)5-8-25(9-6-22)20(27)18-12-14-2-1-7-23-19(14)24-18/h1-4,7,12-13,26H,5-6,8-11H2,(H,23,24). The van der Waals surface area contributed by atoms with Crippen LogP contribution in [0.2, 0.25) is 0 Å². The molecular weight excluding hydrogens is 386 g/mol. The number of ether oxygens (including phenoxy) is 2. The first-order valence-electron chi connectivity index (χ1n) is 9.94. The number of hydrogen-bond acceptors (Lipinski definition) is 6. The molecule has 2 aliphatic rings. The summed E-state index contributed by atoms with van der Waals surface area (Å²) < 4.78 is 11.3. The molecule has 0 bridgehead atoms. The van der Waals surface area contributed by atoms with Gasteiger partial charge in [0.25, 0.3) is 5.91 Å². The third-order valence-corrected chi connectivity index (χ3v) is 5.83. The number of aliphatic hydroxyl groups excluding tert-OH is 1. The first-order valence-corrected chi connectivity index (χ1v) is 9.94. The third-order valence-electron chi connectivity index (χ3n) is 5.83. The van der Waals surface area contributed by atoms with Crippen LogP contribution in [0.5, 0.6) is 5.75 Å². The van der Waals surface area contributed by atoms with Crippen LogP contribution < -0.4 is 4.74 Å². The van der Waals surface area contributed by atoms with Crippen molar-refractivity contribution in [2.45, 2.75) is 18.4 Å². The number of piperidine rings is 1. The highest BCUT2D eigenvalue weighted by molar-refractivity contribution is 5.97. The number of nitrogens with zero attached hydrogens (tertiary/aromatic N) is 2. The van der Waals surface area contributed by atoms with Crippen LogP contribution in [0.4, 0.5) is 0 Å². The van der Waals surface area contributed by atoms with Gasteiger partial charge in [-0.2, -0.15) is 0 Å². The molecule has 1 aromatic carbocycles. The van der Waals surface area contributed by atoms with Gasteiger partial charge in [0.1, 0.15) is 29.3 Å². The maximum atomic E-state index is 13.0. The van der Waals surface area contributed by atoms with Crippen LogP contribution in [0, 0.1) is 0 Å². The quantitative estimate of drug-likeness (QED) is 0.643. The summed E-state index contributed by atoms with van der Waals surface area (Å²) in [5.41, 5.74) is 1.77. The number of esters is 1. The topological polar surface area (TPSA) is 105 Å². The van der Waals surface area contributed by atoms with Crippen molar-refractivity contribution in [1.29, 1.82) is 0 Å². The number of pyridine rings is 1. The fraction of sp³-hybridized carbons (Fsp3) is 0.318. The number of nitrogens with one attached hydrogen (secondary N) is 1. The SMILES string of the molecule is O=C1OC2(CCN(C(=O)c3cc4cccnc4[nH]3)CC2)c2cc(OCCO)ccc21. The van der Waals surface area contributed by atoms with Gasteiger partial charge in [0.05, 0.1) is 12.2 Å². The molecule has 0 atom stereocenters. The molecule has 0 saturated carbocycles. The minimum atomic E-state index is -0.746. The normalized spacial score (nSPS) is 17.2. The number of aromatic nitrogens is 2. The molecule has 3 aromatic rings. The predicted octanol–water partition coefficient (Wildman–Crippen LogP) is 2.24. The molecule has 1 spiro atoms. The highest BCUT2D eigenvalue weighted by Crippen LogP contribution is 2.45. The fourth-order valence-electron chi connectivity index (χ4n) is 4.30. The molecule has 8 nitrogen and oxygen atoms in total. The summed E-state index contributed by atoms with van der Waals surface area (Å²) in [4.78, 5) is 34.5. The Morgan fingerprint density at radius 2 is 2.10 bits per heavy atom. The zero-order chi connectivity index (χ0) is 20.7. The molecule has 4 heterocycles. The van der Waals surface area contributed by atoms with Crippen molar-refractivity contribution in [2.75, 3.05) is 26.3 Å². The van der Waals surface area contributed by atoms with Crippen molar-refractivity contribution in [3.8, 4) is 5.75 Å². The van der Waals surface area contributed by atoms with Crippen molar-refractivity contribution in [1.82, 2.24) is 14.9 Å². The lowest BCUT2D eigenvalue weighted by atomic mass is 9.83. The summed E-state index contributed by atoms with van der Waals surface area (Å²) in [6.45, 7) is 1.03. The molecule has 2 N–H and O–H groups in total. The lowest BCUT2D eigenvalue weighted by molar-refractivity contribution is -0.0391. The Kier molecular flexibility index (Phi) is 4.43. The van der Waals surface area contributed by atoms with Crippen LogP contribution in [-0.2, 0) is 10.3 Å². The molecule has 1 saturated heterocycles. The van der Waals surface area contributed by atoms with E-state index in [2.05, 4.69) is 9.97 Å². The van der Waals surface area contributed by atoms with Gasteiger partial charge in [-0.3, -0.25) is 4.79 Å². The number of amides is 1. The van der Waals surface area contributed by atoms with E-state index in [-0.39, 0.29) is 25.1 Å². The second kappa shape index (κ2) is 7.14. The second-order valence-corrected chi connectivity index (χ2v) is 7.58. The third kappa shape index (κ3) is 3.00. The molecule has 0 radical (unpaired) electrons. The van der Waals surface area contributed by atoms with Crippen molar-refractivity contribution in [3.05, 3.63) is 59.4 Å². The first-order chi connectivity index (χ1) is 14.6. The zero-order valence-electron chi connectivity index (χ0n) is 16.3. The number of likely N-dealkylation sites (tertiary alicyclic amines) is 1. The lowest BCUT2D eigenvalue weighted by Gasteiger charge is -2.38. The maximum absolute atomic E-state index is 13.0. The monoisotopic (exact) mass is 407 g/mol. The summed E-state index contributed by atoms with van der Waals surface area (Å²) in [7, 11) is 0. The number of aliphatic hydroxyl groups is 1. The Morgan fingerprint density at radius 1 is 1.27 bits per heavy atom. The van der Waals surface area contributed by atoms with E-state index in [1.165, 1.54) is 0 Å². The van der Waals surface area contributed by atoms with E-state index in [1.807, 2.05) is 24.3 Å². The van der Waals surface area contributed by atoms with Crippen LogP contribution in [0.15, 0.2) is 42.6 Å². The number of rotatable bonds is 4. The fourth-order valence-corrected chi connectivity index (χ4v) is 4.30. The Hall–Kier alpha value is -3.39. The van der Waals surface area contributed by atoms with E-state index >= 15 is 0 Å². The van der Waals surface area contributed by atoms with Crippen LogP contribution in [0.3, 0.4) is 0 Å². The Balaban J connectivity index is 1.35. The van der Waals surface area contributed by atoms with Gasteiger partial charge in [0.2, 0.25) is 0 Å². The van der Waals surface area contributed by atoms with E-state index in [0.717, 1.165) is 10.9 Å². The minimum absolute atomic E-state index is 0.0853. The molecule has 5 rings (SSSR count). The molecule has 2 aromatic heterocycles. The van der Waals surface area contributed by atoms with Crippen molar-refractivity contribution >= 4 is 22.9 Å². The predicted molar refractivity (Wildman–Crippen MR) is 107 cm³/mol. The van der Waals surface area contributed by atoms with Gasteiger partial charge in [-0.05, 0) is 36.4 Å². The molecular formula is C22H21N3O5. The van der Waals surface area contributed by atoms with Gasteiger partial charge in [0, 0.05) is 43.1 Å². The van der Waals surface area contributed by atoms with Crippen molar-refractivity contribution in [2.24, 2.45) is 0 Å². The highest BCUT2D eigenvalue weighted by atomic mass is 16.6. The molecule has 30 heavy (non-hydrogen) atoms. The summed E-state index contributed by atoms with van der Waals surface area (Å²) in [5, 5.41) is 9.87. The molecule has 154 valence electrons. The number of H-pyrrole nitrogens is 1. The van der Waals surface area contributed by atoms with Gasteiger partial charge in [0.15, 0.2) is 0 Å². The average molecular weight is 407 g/mol. The van der Waals surface area contributed by atoms with Crippen LogP contribution in [0.25, 0.3) is 11.0 Å². The highest BCUT2D eigenvalue weighted by Gasteiger charge is 2.48. The van der Waals surface area contributed by atoms with Gasteiger partial charge < -0.3 is 24.5 Å². The number of benzene rings is 1. The summed E-state index contributed by atoms with van der Waals surface area (Å²) in [6.07, 6.45) is 2.71. The summed E-state index contributed by atoms with van der Waals surface area (Å²) in [5.74, 6) is 0.150. The van der Waals surface area contributed by atoms with E-state index in [1.54, 1.807) is 23.2 Å². The molecule has 1 amide bonds. The molecule has 0 aliphatic carbocycles. The molecule has 2 aliphatic heterocycles. The molecule has 0 unspecified atom stereocenters. The van der Waals surface area contributed by atoms with Gasteiger partial charge in [-0.25, -0.2) is 9.78 Å². The van der Waals surface area contributed by atoms with E-state index in [4.69, 9.17) is 14.6 Å². The van der Waals surface area contributed by atoms with Gasteiger partial charge in [-0.15, -0.1) is 0 Å². The maximum Gasteiger partial charge on any atom is 0.339 e. The van der Waals surface area contributed by atoms with E-state index in [9.17, 15) is 9.59 Å². The smallest absolute Gasteiger partial charge is 0.339 e. The van der Waals surface area contributed by atoms with E-state index in [0.29, 0.717) is 48.6 Å². The largest absolute Gasteiger partial charge is 0.491 e. The molecule has 8 heteroatoms. The number of carbonyl (C=O) groups is 2. The van der Waals surface area contributed by atoms with Crippen LogP contribution in [-0.4, -0.2) is 58.2 Å². The molecule has 1 fully saturated rings. The summed E-state index contributed by atoms with van der Waals surface area (Å²) in [6, 6.07) is 10.8. The number of hydrogen-bond donors (Lipinski definition) is 2. The van der Waals surface area contributed by atoms with Gasteiger partial charge >= 0.3 is 5.97 Å². The van der Waals surface area contributed by atoms with Crippen LogP contribution in [0.1, 0.15) is 39.3 Å². The average Bonchev–Trinajstić information content (AvgIpc) is 3.32.